The van der Waals surface area contributed by atoms with E-state index in [1.54, 1.807) is 19.2 Å². The van der Waals surface area contributed by atoms with E-state index in [0.29, 0.717) is 5.56 Å². The van der Waals surface area contributed by atoms with Crippen molar-refractivity contribution in [1.29, 1.82) is 0 Å². The van der Waals surface area contributed by atoms with Gasteiger partial charge in [-0.1, -0.05) is 24.3 Å². The fraction of sp³-hybridized carbons (Fsp3) is 0.0625. The molecule has 2 N–H and O–H groups in total. The van der Waals surface area contributed by atoms with Gasteiger partial charge in [-0.3, -0.25) is 4.79 Å². The van der Waals surface area contributed by atoms with Crippen LogP contribution in [0.1, 0.15) is 10.4 Å². The van der Waals surface area contributed by atoms with Gasteiger partial charge in [-0.15, -0.1) is 0 Å². The number of nitrogens with two attached hydrogens (primary N) is 1. The van der Waals surface area contributed by atoms with Crippen molar-refractivity contribution in [2.75, 3.05) is 7.11 Å². The quantitative estimate of drug-likeness (QED) is 0.711. The first-order valence-electron chi connectivity index (χ1n) is 6.00. The van der Waals surface area contributed by atoms with Gasteiger partial charge in [0, 0.05) is 10.9 Å². The van der Waals surface area contributed by atoms with Crippen LogP contribution >= 0.6 is 0 Å². The highest BCUT2D eigenvalue weighted by Crippen LogP contribution is 2.32. The Kier molecular flexibility index (Phi) is 2.60. The Morgan fingerprint density at radius 3 is 2.21 bits per heavy atom. The zero-order valence-electron chi connectivity index (χ0n) is 10.5. The fourth-order valence-electron chi connectivity index (χ4n) is 2.40. The molecule has 0 aliphatic carbocycles. The average molecular weight is 251 g/mol. The number of carbonyl (C=O) groups is 1. The highest BCUT2D eigenvalue weighted by Gasteiger charge is 2.11. The number of ether oxygens (including phenoxy) is 1. The predicted octanol–water partition coefficient (Wildman–Crippen LogP) is 3.10. The van der Waals surface area contributed by atoms with Gasteiger partial charge in [-0.2, -0.15) is 0 Å². The number of carbonyl (C=O) groups excluding carboxylic acids is 1. The van der Waals surface area contributed by atoms with Crippen LogP contribution in [0, 0.1) is 0 Å². The lowest BCUT2D eigenvalue weighted by Gasteiger charge is -2.10. The number of amides is 1. The molecule has 0 unspecified atom stereocenters. The Morgan fingerprint density at radius 1 is 1.00 bits per heavy atom. The third-order valence-electron chi connectivity index (χ3n) is 3.33. The van der Waals surface area contributed by atoms with Crippen LogP contribution in [0.5, 0.6) is 5.75 Å². The fourth-order valence-corrected chi connectivity index (χ4v) is 2.40. The summed E-state index contributed by atoms with van der Waals surface area (Å²) in [5, 5.41) is 3.91. The molecule has 0 saturated carbocycles. The molecule has 0 saturated heterocycles. The van der Waals surface area contributed by atoms with E-state index in [1.807, 2.05) is 36.4 Å². The molecule has 3 aromatic carbocycles. The molecule has 3 aromatic rings. The van der Waals surface area contributed by atoms with E-state index in [-0.39, 0.29) is 0 Å². The second-order valence-electron chi connectivity index (χ2n) is 4.42. The Balaban J connectivity index is 2.49. The van der Waals surface area contributed by atoms with E-state index in [2.05, 4.69) is 0 Å². The summed E-state index contributed by atoms with van der Waals surface area (Å²) >= 11 is 0. The Morgan fingerprint density at radius 2 is 1.63 bits per heavy atom. The molecule has 0 heterocycles. The van der Waals surface area contributed by atoms with Gasteiger partial charge in [-0.25, -0.2) is 0 Å². The maximum atomic E-state index is 11.5. The zero-order valence-corrected chi connectivity index (χ0v) is 10.5. The molecule has 3 heteroatoms. The molecular weight excluding hydrogens is 238 g/mol. The van der Waals surface area contributed by atoms with Crippen molar-refractivity contribution in [3.63, 3.8) is 0 Å². The van der Waals surface area contributed by atoms with Crippen LogP contribution in [-0.4, -0.2) is 13.0 Å². The van der Waals surface area contributed by atoms with Gasteiger partial charge in [0.2, 0.25) is 5.91 Å². The summed E-state index contributed by atoms with van der Waals surface area (Å²) in [5.41, 5.74) is 5.95. The highest BCUT2D eigenvalue weighted by molar-refractivity contribution is 6.11. The van der Waals surface area contributed by atoms with E-state index in [9.17, 15) is 4.79 Å². The van der Waals surface area contributed by atoms with Gasteiger partial charge >= 0.3 is 0 Å². The number of rotatable bonds is 2. The SMILES string of the molecule is COc1ccc(C(N)=O)c2cc3ccccc3cc12. The minimum absolute atomic E-state index is 0.428. The molecule has 3 nitrogen and oxygen atoms in total. The third kappa shape index (κ3) is 1.80. The third-order valence-corrected chi connectivity index (χ3v) is 3.33. The largest absolute Gasteiger partial charge is 0.496 e. The number of fused-ring (bicyclic) bond motifs is 2. The molecule has 0 spiro atoms. The number of hydrogen-bond acceptors (Lipinski definition) is 2. The van der Waals surface area contributed by atoms with Crippen molar-refractivity contribution in [2.45, 2.75) is 0 Å². The maximum absolute atomic E-state index is 11.5. The molecule has 3 rings (SSSR count). The van der Waals surface area contributed by atoms with E-state index in [4.69, 9.17) is 10.5 Å². The second-order valence-corrected chi connectivity index (χ2v) is 4.42. The van der Waals surface area contributed by atoms with Crippen LogP contribution in [0.2, 0.25) is 0 Å². The lowest BCUT2D eigenvalue weighted by molar-refractivity contribution is 0.100. The minimum atomic E-state index is -0.428. The van der Waals surface area contributed by atoms with Crippen LogP contribution in [-0.2, 0) is 0 Å². The summed E-state index contributed by atoms with van der Waals surface area (Å²) in [7, 11) is 1.62. The average Bonchev–Trinajstić information content (AvgIpc) is 2.43. The zero-order chi connectivity index (χ0) is 13.4. The summed E-state index contributed by atoms with van der Waals surface area (Å²) in [6.07, 6.45) is 0. The van der Waals surface area contributed by atoms with Crippen LogP contribution < -0.4 is 10.5 Å². The number of benzene rings is 3. The van der Waals surface area contributed by atoms with E-state index in [0.717, 1.165) is 27.3 Å². The standard InChI is InChI=1S/C16H13NO2/c1-19-15-7-6-12(16(17)18)13-8-10-4-2-3-5-11(10)9-14(13)15/h2-9H,1H3,(H2,17,18). The number of primary amides is 1. The normalized spacial score (nSPS) is 10.8. The summed E-state index contributed by atoms with van der Waals surface area (Å²) in [4.78, 5) is 11.5. The molecule has 19 heavy (non-hydrogen) atoms. The summed E-state index contributed by atoms with van der Waals surface area (Å²) in [6.45, 7) is 0. The van der Waals surface area contributed by atoms with Crippen LogP contribution in [0.25, 0.3) is 21.5 Å². The minimum Gasteiger partial charge on any atom is -0.496 e. The molecule has 0 atom stereocenters. The lowest BCUT2D eigenvalue weighted by Crippen LogP contribution is -2.11. The molecular formula is C16H13NO2. The first-order valence-corrected chi connectivity index (χ1v) is 6.00. The molecule has 1 amide bonds. The molecule has 0 fully saturated rings. The van der Waals surface area contributed by atoms with Crippen molar-refractivity contribution in [3.05, 3.63) is 54.1 Å². The van der Waals surface area contributed by atoms with Gasteiger partial charge in [0.15, 0.2) is 0 Å². The molecule has 0 aromatic heterocycles. The lowest BCUT2D eigenvalue weighted by atomic mass is 9.98. The molecule has 0 aliphatic heterocycles. The van der Waals surface area contributed by atoms with Crippen LogP contribution in [0.3, 0.4) is 0 Å². The van der Waals surface area contributed by atoms with Gasteiger partial charge < -0.3 is 10.5 Å². The molecule has 0 bridgehead atoms. The van der Waals surface area contributed by atoms with Crippen molar-refractivity contribution in [1.82, 2.24) is 0 Å². The van der Waals surface area contributed by atoms with E-state index >= 15 is 0 Å². The number of methoxy groups -OCH3 is 1. The van der Waals surface area contributed by atoms with Gasteiger partial charge in [0.25, 0.3) is 0 Å². The Bertz CT molecular complexity index is 793. The molecule has 94 valence electrons. The first kappa shape index (κ1) is 11.5. The van der Waals surface area contributed by atoms with Crippen molar-refractivity contribution in [2.24, 2.45) is 5.73 Å². The van der Waals surface area contributed by atoms with Crippen molar-refractivity contribution < 1.29 is 9.53 Å². The summed E-state index contributed by atoms with van der Waals surface area (Å²) in [6, 6.07) is 15.5. The first-order chi connectivity index (χ1) is 9.20. The predicted molar refractivity (Wildman–Crippen MR) is 76.5 cm³/mol. The second kappa shape index (κ2) is 4.28. The topological polar surface area (TPSA) is 52.3 Å². The monoisotopic (exact) mass is 251 g/mol. The van der Waals surface area contributed by atoms with Crippen molar-refractivity contribution >= 4 is 27.5 Å². The van der Waals surface area contributed by atoms with Crippen LogP contribution in [0.4, 0.5) is 0 Å². The van der Waals surface area contributed by atoms with E-state index in [1.165, 1.54) is 0 Å². The van der Waals surface area contributed by atoms with Gasteiger partial charge in [0.1, 0.15) is 5.75 Å². The number of hydrogen-bond donors (Lipinski definition) is 1. The smallest absolute Gasteiger partial charge is 0.249 e. The Labute approximate surface area is 110 Å². The Hall–Kier alpha value is -2.55. The van der Waals surface area contributed by atoms with Crippen LogP contribution in [0.15, 0.2) is 48.5 Å². The molecule has 0 aliphatic rings. The van der Waals surface area contributed by atoms with E-state index < -0.39 is 5.91 Å². The summed E-state index contributed by atoms with van der Waals surface area (Å²) < 4.78 is 5.36. The molecule has 0 radical (unpaired) electrons. The summed E-state index contributed by atoms with van der Waals surface area (Å²) in [5.74, 6) is 0.314. The van der Waals surface area contributed by atoms with Gasteiger partial charge in [0.05, 0.1) is 7.11 Å². The van der Waals surface area contributed by atoms with Crippen molar-refractivity contribution in [3.8, 4) is 5.75 Å². The maximum Gasteiger partial charge on any atom is 0.249 e. The van der Waals surface area contributed by atoms with Gasteiger partial charge in [-0.05, 0) is 40.4 Å². The highest BCUT2D eigenvalue weighted by atomic mass is 16.5.